The molecule has 29 heavy (non-hydrogen) atoms. The van der Waals surface area contributed by atoms with Crippen molar-refractivity contribution < 1.29 is 9.84 Å². The second-order valence-corrected chi connectivity index (χ2v) is 8.16. The summed E-state index contributed by atoms with van der Waals surface area (Å²) in [5.74, 6) is 2.01. The number of hydrogen-bond donors (Lipinski definition) is 2. The monoisotopic (exact) mass is 400 g/mol. The Morgan fingerprint density at radius 3 is 2.62 bits per heavy atom. The molecule has 0 spiro atoms. The van der Waals surface area contributed by atoms with Gasteiger partial charge in [-0.2, -0.15) is 0 Å². The summed E-state index contributed by atoms with van der Waals surface area (Å²) in [6, 6.07) is 4.60. The first-order valence-electron chi connectivity index (χ1n) is 10.7. The number of aryl methyl sites for hydroxylation is 2. The minimum atomic E-state index is 0.219. The van der Waals surface area contributed by atoms with Crippen LogP contribution in [0.2, 0.25) is 0 Å². The van der Waals surface area contributed by atoms with Gasteiger partial charge in [-0.05, 0) is 49.9 Å². The normalized spacial score (nSPS) is 18.3. The van der Waals surface area contributed by atoms with Crippen LogP contribution in [0.1, 0.15) is 47.2 Å². The van der Waals surface area contributed by atoms with Crippen LogP contribution in [-0.4, -0.2) is 64.3 Å². The maximum absolute atomic E-state index is 9.65. The zero-order valence-corrected chi connectivity index (χ0v) is 18.6. The zero-order valence-electron chi connectivity index (χ0n) is 18.6. The quantitative estimate of drug-likeness (QED) is 0.713. The summed E-state index contributed by atoms with van der Waals surface area (Å²) < 4.78 is 5.46. The Labute approximate surface area is 174 Å². The van der Waals surface area contributed by atoms with E-state index in [0.717, 1.165) is 62.8 Å². The lowest BCUT2D eigenvalue weighted by atomic mass is 10.00. The molecule has 0 amide bonds. The molecule has 1 saturated heterocycles. The third-order valence-corrected chi connectivity index (χ3v) is 6.34. The van der Waals surface area contributed by atoms with Gasteiger partial charge in [0.15, 0.2) is 0 Å². The summed E-state index contributed by atoms with van der Waals surface area (Å²) in [4.78, 5) is 13.1. The number of nitrogens with zero attached hydrogens (tertiary/aromatic N) is 3. The summed E-state index contributed by atoms with van der Waals surface area (Å²) in [5, 5.41) is 9.65. The smallest absolute Gasteiger partial charge is 0.122 e. The lowest BCUT2D eigenvalue weighted by molar-refractivity contribution is 0.0492. The number of nitrogens with one attached hydrogen (secondary N) is 1. The molecule has 0 aliphatic carbocycles. The van der Waals surface area contributed by atoms with Crippen LogP contribution in [0.4, 0.5) is 0 Å². The molecule has 1 fully saturated rings. The fourth-order valence-corrected chi connectivity index (χ4v) is 4.29. The van der Waals surface area contributed by atoms with Crippen LogP contribution in [0.5, 0.6) is 5.75 Å². The number of benzene rings is 1. The van der Waals surface area contributed by atoms with E-state index in [1.54, 1.807) is 7.11 Å². The van der Waals surface area contributed by atoms with Gasteiger partial charge in [-0.25, -0.2) is 4.98 Å². The van der Waals surface area contributed by atoms with Crippen molar-refractivity contribution in [2.24, 2.45) is 0 Å². The van der Waals surface area contributed by atoms with Crippen molar-refractivity contribution in [3.05, 3.63) is 46.0 Å². The lowest BCUT2D eigenvalue weighted by Gasteiger charge is -2.41. The number of rotatable bonds is 8. The molecule has 1 atom stereocenters. The highest BCUT2D eigenvalue weighted by Gasteiger charge is 2.28. The molecule has 1 aliphatic heterocycles. The summed E-state index contributed by atoms with van der Waals surface area (Å²) in [6.07, 6.45) is 1.73. The Morgan fingerprint density at radius 1 is 1.17 bits per heavy atom. The van der Waals surface area contributed by atoms with E-state index >= 15 is 0 Å². The molecule has 0 radical (unpaired) electrons. The molecule has 160 valence electrons. The Hall–Kier alpha value is -1.89. The van der Waals surface area contributed by atoms with Crippen molar-refractivity contribution >= 4 is 0 Å². The van der Waals surface area contributed by atoms with Gasteiger partial charge >= 0.3 is 0 Å². The van der Waals surface area contributed by atoms with Gasteiger partial charge in [0.2, 0.25) is 0 Å². The summed E-state index contributed by atoms with van der Waals surface area (Å²) >= 11 is 0. The predicted octanol–water partition coefficient (Wildman–Crippen LogP) is 2.97. The van der Waals surface area contributed by atoms with Gasteiger partial charge in [-0.15, -0.1) is 0 Å². The Balaban J connectivity index is 1.69. The second kappa shape index (κ2) is 9.74. The van der Waals surface area contributed by atoms with E-state index in [-0.39, 0.29) is 6.61 Å². The lowest BCUT2D eigenvalue weighted by Crippen LogP contribution is -2.52. The highest BCUT2D eigenvalue weighted by molar-refractivity contribution is 5.43. The molecule has 3 rings (SSSR count). The molecule has 0 saturated carbocycles. The molecule has 1 aromatic heterocycles. The number of aliphatic hydroxyl groups excluding tert-OH is 1. The van der Waals surface area contributed by atoms with Gasteiger partial charge in [0.05, 0.1) is 12.8 Å². The first-order valence-corrected chi connectivity index (χ1v) is 10.7. The fourth-order valence-electron chi connectivity index (χ4n) is 4.29. The van der Waals surface area contributed by atoms with Crippen molar-refractivity contribution in [3.8, 4) is 5.75 Å². The Bertz CT molecular complexity index is 817. The van der Waals surface area contributed by atoms with Crippen molar-refractivity contribution in [3.63, 3.8) is 0 Å². The Morgan fingerprint density at radius 2 is 1.97 bits per heavy atom. The SMILES string of the molecule is CCc1nc(CN2CCN(Cc3ccc(OC)c(C)c3C)C(CCO)C2)c(C)[nH]1. The van der Waals surface area contributed by atoms with E-state index in [2.05, 4.69) is 54.6 Å². The van der Waals surface area contributed by atoms with Crippen LogP contribution in [0, 0.1) is 20.8 Å². The molecule has 2 aromatic rings. The summed E-state index contributed by atoms with van der Waals surface area (Å²) in [7, 11) is 1.72. The highest BCUT2D eigenvalue weighted by Crippen LogP contribution is 2.26. The van der Waals surface area contributed by atoms with Gasteiger partial charge in [0.1, 0.15) is 11.6 Å². The first-order chi connectivity index (χ1) is 14.0. The van der Waals surface area contributed by atoms with E-state index in [1.165, 1.54) is 22.4 Å². The van der Waals surface area contributed by atoms with Crippen molar-refractivity contribution in [2.45, 2.75) is 59.7 Å². The maximum atomic E-state index is 9.65. The number of imidazole rings is 1. The number of piperazine rings is 1. The van der Waals surface area contributed by atoms with Gasteiger partial charge in [0, 0.05) is 57.5 Å². The Kier molecular flexibility index (Phi) is 7.33. The van der Waals surface area contributed by atoms with Gasteiger partial charge in [0.25, 0.3) is 0 Å². The van der Waals surface area contributed by atoms with Crippen LogP contribution in [0.25, 0.3) is 0 Å². The third-order valence-electron chi connectivity index (χ3n) is 6.34. The molecular formula is C23H36N4O2. The molecule has 2 N–H and O–H groups in total. The molecule has 1 unspecified atom stereocenters. The molecule has 1 aliphatic rings. The van der Waals surface area contributed by atoms with E-state index in [0.29, 0.717) is 6.04 Å². The van der Waals surface area contributed by atoms with Gasteiger partial charge in [-0.3, -0.25) is 9.80 Å². The summed E-state index contributed by atoms with van der Waals surface area (Å²) in [5.41, 5.74) is 6.18. The van der Waals surface area contributed by atoms with Crippen molar-refractivity contribution in [1.29, 1.82) is 0 Å². The van der Waals surface area contributed by atoms with E-state index < -0.39 is 0 Å². The largest absolute Gasteiger partial charge is 0.496 e. The van der Waals surface area contributed by atoms with Crippen LogP contribution >= 0.6 is 0 Å². The van der Waals surface area contributed by atoms with Crippen molar-refractivity contribution in [2.75, 3.05) is 33.4 Å². The predicted molar refractivity (Wildman–Crippen MR) is 116 cm³/mol. The van der Waals surface area contributed by atoms with Crippen LogP contribution in [-0.2, 0) is 19.5 Å². The number of hydrogen-bond acceptors (Lipinski definition) is 5. The molecule has 0 bridgehead atoms. The average molecular weight is 401 g/mol. The fraction of sp³-hybridized carbons (Fsp3) is 0.609. The van der Waals surface area contributed by atoms with E-state index in [4.69, 9.17) is 9.72 Å². The average Bonchev–Trinajstić information content (AvgIpc) is 3.07. The van der Waals surface area contributed by atoms with Crippen LogP contribution in [0.3, 0.4) is 0 Å². The first kappa shape index (κ1) is 21.8. The van der Waals surface area contributed by atoms with Crippen LogP contribution < -0.4 is 4.74 Å². The van der Waals surface area contributed by atoms with Gasteiger partial charge in [-0.1, -0.05) is 13.0 Å². The number of aromatic nitrogens is 2. The minimum Gasteiger partial charge on any atom is -0.496 e. The minimum absolute atomic E-state index is 0.219. The van der Waals surface area contributed by atoms with E-state index in [1.807, 2.05) is 0 Å². The number of ether oxygens (including phenoxy) is 1. The van der Waals surface area contributed by atoms with Crippen molar-refractivity contribution in [1.82, 2.24) is 19.8 Å². The number of methoxy groups -OCH3 is 1. The second-order valence-electron chi connectivity index (χ2n) is 8.16. The molecular weight excluding hydrogens is 364 g/mol. The molecule has 1 aromatic carbocycles. The topological polar surface area (TPSA) is 64.6 Å². The van der Waals surface area contributed by atoms with Crippen LogP contribution in [0.15, 0.2) is 12.1 Å². The third kappa shape index (κ3) is 5.00. The molecule has 6 heteroatoms. The number of aromatic amines is 1. The number of aliphatic hydroxyl groups is 1. The molecule has 6 nitrogen and oxygen atoms in total. The molecule has 2 heterocycles. The highest BCUT2D eigenvalue weighted by atomic mass is 16.5. The van der Waals surface area contributed by atoms with Gasteiger partial charge < -0.3 is 14.8 Å². The summed E-state index contributed by atoms with van der Waals surface area (Å²) in [6.45, 7) is 13.5. The van der Waals surface area contributed by atoms with E-state index in [9.17, 15) is 5.11 Å². The maximum Gasteiger partial charge on any atom is 0.122 e. The number of H-pyrrole nitrogens is 1. The zero-order chi connectivity index (χ0) is 21.0. The standard InChI is InChI=1S/C23H36N4O2/c1-6-23-24-18(4)21(25-23)15-26-10-11-27(20(14-26)9-12-28)13-19-7-8-22(29-5)17(3)16(19)2/h7-8,20,28H,6,9-15H2,1-5H3,(H,24,25).